The summed E-state index contributed by atoms with van der Waals surface area (Å²) in [6, 6.07) is 9.43. The molecule has 0 radical (unpaired) electrons. The number of anilines is 2. The third kappa shape index (κ3) is 3.32. The first-order chi connectivity index (χ1) is 9.56. The first-order valence-corrected chi connectivity index (χ1v) is 5.89. The number of hydrogen-bond donors (Lipinski definition) is 3. The fourth-order valence-electron chi connectivity index (χ4n) is 1.58. The Hall–Kier alpha value is -2.89. The normalized spacial score (nSPS) is 9.85. The number of phenolic OH excluding ortho intramolecular Hbond substituents is 1. The van der Waals surface area contributed by atoms with Crippen LogP contribution in [0.4, 0.5) is 11.5 Å². The molecule has 3 N–H and O–H groups in total. The van der Waals surface area contributed by atoms with Crippen molar-refractivity contribution in [2.24, 2.45) is 0 Å². The molecule has 0 aliphatic rings. The zero-order valence-corrected chi connectivity index (χ0v) is 10.8. The van der Waals surface area contributed by atoms with Gasteiger partial charge in [-0.3, -0.25) is 9.59 Å². The van der Waals surface area contributed by atoms with Crippen molar-refractivity contribution in [2.45, 2.75) is 6.92 Å². The number of benzene rings is 1. The van der Waals surface area contributed by atoms with Crippen LogP contribution in [0.5, 0.6) is 5.75 Å². The van der Waals surface area contributed by atoms with Crippen molar-refractivity contribution in [1.82, 2.24) is 4.98 Å². The van der Waals surface area contributed by atoms with Crippen LogP contribution in [0.25, 0.3) is 0 Å². The SMILES string of the molecule is Cc1cc(O)ccc1NC(=O)C(=O)Nc1ccccn1. The van der Waals surface area contributed by atoms with Gasteiger partial charge < -0.3 is 15.7 Å². The highest BCUT2D eigenvalue weighted by Gasteiger charge is 2.15. The van der Waals surface area contributed by atoms with Gasteiger partial charge >= 0.3 is 11.8 Å². The molecule has 0 unspecified atom stereocenters. The predicted octanol–water partition coefficient (Wildman–Crippen LogP) is 1.67. The van der Waals surface area contributed by atoms with E-state index in [0.717, 1.165) is 0 Å². The standard InChI is InChI=1S/C14H13N3O3/c1-9-8-10(18)5-6-11(9)16-13(19)14(20)17-12-4-2-3-7-15-12/h2-8,18H,1H3,(H,16,19)(H,15,17,20). The van der Waals surface area contributed by atoms with Gasteiger partial charge in [-0.15, -0.1) is 0 Å². The second-order valence-electron chi connectivity index (χ2n) is 4.12. The molecule has 102 valence electrons. The Bertz CT molecular complexity index is 641. The highest BCUT2D eigenvalue weighted by molar-refractivity contribution is 6.43. The molecule has 1 aromatic heterocycles. The van der Waals surface area contributed by atoms with Crippen molar-refractivity contribution in [3.63, 3.8) is 0 Å². The van der Waals surface area contributed by atoms with Crippen molar-refractivity contribution in [3.8, 4) is 5.75 Å². The molecule has 0 bridgehead atoms. The zero-order valence-electron chi connectivity index (χ0n) is 10.8. The molecule has 2 rings (SSSR count). The number of carbonyl (C=O) groups excluding carboxylic acids is 2. The van der Waals surface area contributed by atoms with Gasteiger partial charge in [0.05, 0.1) is 0 Å². The summed E-state index contributed by atoms with van der Waals surface area (Å²) < 4.78 is 0. The molecule has 6 heteroatoms. The van der Waals surface area contributed by atoms with Crippen LogP contribution in [0.15, 0.2) is 42.6 Å². The maximum Gasteiger partial charge on any atom is 0.315 e. The minimum atomic E-state index is -0.809. The van der Waals surface area contributed by atoms with Crippen molar-refractivity contribution in [2.75, 3.05) is 10.6 Å². The molecule has 0 aliphatic carbocycles. The van der Waals surface area contributed by atoms with Gasteiger partial charge in [-0.1, -0.05) is 6.07 Å². The monoisotopic (exact) mass is 271 g/mol. The molecule has 0 aliphatic heterocycles. The van der Waals surface area contributed by atoms with Crippen LogP contribution in [0.3, 0.4) is 0 Å². The van der Waals surface area contributed by atoms with Crippen LogP contribution >= 0.6 is 0 Å². The second-order valence-corrected chi connectivity index (χ2v) is 4.12. The van der Waals surface area contributed by atoms with Gasteiger partial charge in [-0.2, -0.15) is 0 Å². The minimum Gasteiger partial charge on any atom is -0.508 e. The number of aryl methyl sites for hydroxylation is 1. The minimum absolute atomic E-state index is 0.0958. The van der Waals surface area contributed by atoms with Crippen LogP contribution in [0.1, 0.15) is 5.56 Å². The topological polar surface area (TPSA) is 91.3 Å². The summed E-state index contributed by atoms with van der Waals surface area (Å²) in [5, 5.41) is 14.1. The van der Waals surface area contributed by atoms with E-state index >= 15 is 0 Å². The Kier molecular flexibility index (Phi) is 3.95. The molecule has 6 nitrogen and oxygen atoms in total. The van der Waals surface area contributed by atoms with E-state index in [2.05, 4.69) is 15.6 Å². The second kappa shape index (κ2) is 5.83. The Balaban J connectivity index is 2.03. The van der Waals surface area contributed by atoms with E-state index in [4.69, 9.17) is 0 Å². The van der Waals surface area contributed by atoms with E-state index in [1.54, 1.807) is 25.1 Å². The smallest absolute Gasteiger partial charge is 0.315 e. The lowest BCUT2D eigenvalue weighted by molar-refractivity contribution is -0.133. The fourth-order valence-corrected chi connectivity index (χ4v) is 1.58. The molecule has 2 aromatic rings. The zero-order chi connectivity index (χ0) is 14.5. The molecule has 0 atom stereocenters. The number of aromatic nitrogens is 1. The van der Waals surface area contributed by atoms with E-state index in [9.17, 15) is 14.7 Å². The van der Waals surface area contributed by atoms with Crippen LogP contribution in [-0.2, 0) is 9.59 Å². The molecule has 0 fully saturated rings. The maximum absolute atomic E-state index is 11.7. The largest absolute Gasteiger partial charge is 0.508 e. The van der Waals surface area contributed by atoms with Crippen molar-refractivity contribution in [3.05, 3.63) is 48.2 Å². The Labute approximate surface area is 115 Å². The molecular weight excluding hydrogens is 258 g/mol. The van der Waals surface area contributed by atoms with E-state index in [1.807, 2.05) is 0 Å². The molecule has 1 heterocycles. The summed E-state index contributed by atoms with van der Waals surface area (Å²) in [5.41, 5.74) is 1.12. The van der Waals surface area contributed by atoms with Crippen LogP contribution in [0.2, 0.25) is 0 Å². The summed E-state index contributed by atoms with van der Waals surface area (Å²) in [4.78, 5) is 27.3. The molecular formula is C14H13N3O3. The first-order valence-electron chi connectivity index (χ1n) is 5.89. The Morgan fingerprint density at radius 2 is 1.85 bits per heavy atom. The lowest BCUT2D eigenvalue weighted by atomic mass is 10.2. The van der Waals surface area contributed by atoms with Gasteiger partial charge in [0.2, 0.25) is 0 Å². The van der Waals surface area contributed by atoms with Crippen molar-refractivity contribution >= 4 is 23.3 Å². The van der Waals surface area contributed by atoms with Crippen LogP contribution in [0, 0.1) is 6.92 Å². The highest BCUT2D eigenvalue weighted by atomic mass is 16.3. The number of aromatic hydroxyl groups is 1. The quantitative estimate of drug-likeness (QED) is 0.572. The van der Waals surface area contributed by atoms with Crippen LogP contribution in [-0.4, -0.2) is 21.9 Å². The van der Waals surface area contributed by atoms with Crippen LogP contribution < -0.4 is 10.6 Å². The molecule has 0 saturated carbocycles. The summed E-state index contributed by atoms with van der Waals surface area (Å²) in [5.74, 6) is -1.21. The first kappa shape index (κ1) is 13.5. The fraction of sp³-hybridized carbons (Fsp3) is 0.0714. The Morgan fingerprint density at radius 1 is 1.10 bits per heavy atom. The summed E-state index contributed by atoms with van der Waals surface area (Å²) in [6.07, 6.45) is 1.51. The summed E-state index contributed by atoms with van der Waals surface area (Å²) >= 11 is 0. The Morgan fingerprint density at radius 3 is 2.50 bits per heavy atom. The lowest BCUT2D eigenvalue weighted by Crippen LogP contribution is -2.29. The molecule has 0 saturated heterocycles. The average Bonchev–Trinajstić information content (AvgIpc) is 2.43. The van der Waals surface area contributed by atoms with Gasteiger partial charge in [-0.25, -0.2) is 4.98 Å². The molecule has 20 heavy (non-hydrogen) atoms. The number of nitrogens with zero attached hydrogens (tertiary/aromatic N) is 1. The summed E-state index contributed by atoms with van der Waals surface area (Å²) in [6.45, 7) is 1.71. The third-order valence-corrected chi connectivity index (χ3v) is 2.57. The number of rotatable bonds is 2. The predicted molar refractivity (Wildman–Crippen MR) is 74.3 cm³/mol. The van der Waals surface area contributed by atoms with E-state index in [-0.39, 0.29) is 5.75 Å². The van der Waals surface area contributed by atoms with Crippen molar-refractivity contribution < 1.29 is 14.7 Å². The molecule has 0 spiro atoms. The number of pyridine rings is 1. The number of hydrogen-bond acceptors (Lipinski definition) is 4. The summed E-state index contributed by atoms with van der Waals surface area (Å²) in [7, 11) is 0. The van der Waals surface area contributed by atoms with Gasteiger partial charge in [0.1, 0.15) is 11.6 Å². The van der Waals surface area contributed by atoms with E-state index in [1.165, 1.54) is 24.4 Å². The van der Waals surface area contributed by atoms with Crippen molar-refractivity contribution in [1.29, 1.82) is 0 Å². The highest BCUT2D eigenvalue weighted by Crippen LogP contribution is 2.19. The number of nitrogens with one attached hydrogen (secondary N) is 2. The number of phenols is 1. The van der Waals surface area contributed by atoms with E-state index in [0.29, 0.717) is 17.1 Å². The lowest BCUT2D eigenvalue weighted by Gasteiger charge is -2.08. The van der Waals surface area contributed by atoms with Gasteiger partial charge in [-0.05, 0) is 42.8 Å². The van der Waals surface area contributed by atoms with Gasteiger partial charge in [0.25, 0.3) is 0 Å². The number of carbonyl (C=O) groups is 2. The maximum atomic E-state index is 11.7. The van der Waals surface area contributed by atoms with Gasteiger partial charge in [0.15, 0.2) is 0 Å². The third-order valence-electron chi connectivity index (χ3n) is 2.57. The molecule has 1 aromatic carbocycles. The molecule has 2 amide bonds. The van der Waals surface area contributed by atoms with Gasteiger partial charge in [0, 0.05) is 11.9 Å². The number of amides is 2. The average molecular weight is 271 g/mol. The van der Waals surface area contributed by atoms with E-state index < -0.39 is 11.8 Å².